The Morgan fingerprint density at radius 1 is 1.35 bits per heavy atom. The molecule has 0 saturated heterocycles. The zero-order chi connectivity index (χ0) is 12.8. The SMILES string of the molecule is CC1CCC(NC(=O)NOCC(=O)O)C(C)C1. The van der Waals surface area contributed by atoms with Gasteiger partial charge in [0.2, 0.25) is 0 Å². The normalized spacial score (nSPS) is 28.5. The van der Waals surface area contributed by atoms with E-state index in [9.17, 15) is 9.59 Å². The number of nitrogens with one attached hydrogen (secondary N) is 2. The highest BCUT2D eigenvalue weighted by Gasteiger charge is 2.26. The summed E-state index contributed by atoms with van der Waals surface area (Å²) in [5.41, 5.74) is 2.06. The van der Waals surface area contributed by atoms with Crippen LogP contribution in [0.3, 0.4) is 0 Å². The number of aliphatic carboxylic acids is 1. The quantitative estimate of drug-likeness (QED) is 0.647. The summed E-state index contributed by atoms with van der Waals surface area (Å²) in [5, 5.41) is 11.1. The molecule has 1 aliphatic carbocycles. The number of hydrogen-bond donors (Lipinski definition) is 3. The molecule has 6 heteroatoms. The molecule has 98 valence electrons. The molecular formula is C11H20N2O4. The smallest absolute Gasteiger partial charge is 0.338 e. The second-order valence-electron chi connectivity index (χ2n) is 4.76. The molecule has 1 aliphatic rings. The summed E-state index contributed by atoms with van der Waals surface area (Å²) in [5.74, 6) is 0.0171. The van der Waals surface area contributed by atoms with E-state index in [-0.39, 0.29) is 6.04 Å². The van der Waals surface area contributed by atoms with Gasteiger partial charge in [-0.25, -0.2) is 15.1 Å². The first-order valence-corrected chi connectivity index (χ1v) is 5.89. The number of amides is 2. The van der Waals surface area contributed by atoms with Gasteiger partial charge in [0.25, 0.3) is 0 Å². The first-order valence-electron chi connectivity index (χ1n) is 5.89. The van der Waals surface area contributed by atoms with E-state index in [2.05, 4.69) is 29.5 Å². The highest BCUT2D eigenvalue weighted by molar-refractivity contribution is 5.73. The van der Waals surface area contributed by atoms with Crippen LogP contribution in [0.15, 0.2) is 0 Å². The molecule has 0 heterocycles. The number of hydrogen-bond acceptors (Lipinski definition) is 3. The molecule has 3 N–H and O–H groups in total. The van der Waals surface area contributed by atoms with Crippen molar-refractivity contribution in [3.05, 3.63) is 0 Å². The predicted octanol–water partition coefficient (Wildman–Crippen LogP) is 1.13. The Morgan fingerprint density at radius 2 is 2.06 bits per heavy atom. The number of hydroxylamine groups is 1. The molecule has 0 spiro atoms. The molecule has 0 bridgehead atoms. The molecule has 3 unspecified atom stereocenters. The molecule has 0 aromatic carbocycles. The topological polar surface area (TPSA) is 87.7 Å². The van der Waals surface area contributed by atoms with Gasteiger partial charge >= 0.3 is 12.0 Å². The molecule has 1 rings (SSSR count). The number of carboxylic acids is 1. The minimum atomic E-state index is -1.12. The Balaban J connectivity index is 2.23. The summed E-state index contributed by atoms with van der Waals surface area (Å²) in [4.78, 5) is 26.0. The molecule has 1 saturated carbocycles. The maximum atomic E-state index is 11.4. The van der Waals surface area contributed by atoms with Gasteiger partial charge in [0.15, 0.2) is 6.61 Å². The molecule has 3 atom stereocenters. The first kappa shape index (κ1) is 13.8. The maximum Gasteiger partial charge on any atom is 0.338 e. The van der Waals surface area contributed by atoms with Crippen molar-refractivity contribution in [1.82, 2.24) is 10.8 Å². The number of carbonyl (C=O) groups is 2. The molecule has 6 nitrogen and oxygen atoms in total. The van der Waals surface area contributed by atoms with Crippen LogP contribution in [0, 0.1) is 11.8 Å². The standard InChI is InChI=1S/C11H20N2O4/c1-7-3-4-9(8(2)5-7)12-11(16)13-17-6-10(14)15/h7-9H,3-6H2,1-2H3,(H,14,15)(H2,12,13,16). The van der Waals surface area contributed by atoms with Crippen LogP contribution >= 0.6 is 0 Å². The number of carbonyl (C=O) groups excluding carboxylic acids is 1. The fourth-order valence-corrected chi connectivity index (χ4v) is 2.24. The van der Waals surface area contributed by atoms with Crippen molar-refractivity contribution >= 4 is 12.0 Å². The van der Waals surface area contributed by atoms with E-state index in [4.69, 9.17) is 5.11 Å². The monoisotopic (exact) mass is 244 g/mol. The van der Waals surface area contributed by atoms with Crippen molar-refractivity contribution in [2.45, 2.75) is 39.2 Å². The van der Waals surface area contributed by atoms with Crippen LogP contribution in [0.4, 0.5) is 4.79 Å². The second-order valence-corrected chi connectivity index (χ2v) is 4.76. The summed E-state index contributed by atoms with van der Waals surface area (Å²) in [6.45, 7) is 3.78. The van der Waals surface area contributed by atoms with Crippen molar-refractivity contribution in [2.24, 2.45) is 11.8 Å². The Kier molecular flexibility index (Phi) is 5.21. The molecule has 1 fully saturated rings. The lowest BCUT2D eigenvalue weighted by Crippen LogP contribution is -2.47. The van der Waals surface area contributed by atoms with Gasteiger partial charge in [0, 0.05) is 6.04 Å². The lowest BCUT2D eigenvalue weighted by molar-refractivity contribution is -0.144. The summed E-state index contributed by atoms with van der Waals surface area (Å²) < 4.78 is 0. The summed E-state index contributed by atoms with van der Waals surface area (Å²) >= 11 is 0. The van der Waals surface area contributed by atoms with Crippen LogP contribution in [0.2, 0.25) is 0 Å². The molecule has 0 radical (unpaired) electrons. The highest BCUT2D eigenvalue weighted by atomic mass is 16.7. The number of urea groups is 1. The summed E-state index contributed by atoms with van der Waals surface area (Å²) in [7, 11) is 0. The van der Waals surface area contributed by atoms with E-state index in [1.54, 1.807) is 0 Å². The highest BCUT2D eigenvalue weighted by Crippen LogP contribution is 2.28. The van der Waals surface area contributed by atoms with Gasteiger partial charge in [-0.05, 0) is 31.1 Å². The largest absolute Gasteiger partial charge is 0.479 e. The third-order valence-corrected chi connectivity index (χ3v) is 3.11. The minimum Gasteiger partial charge on any atom is -0.479 e. The van der Waals surface area contributed by atoms with Gasteiger partial charge in [0.1, 0.15) is 0 Å². The Labute approximate surface area is 101 Å². The van der Waals surface area contributed by atoms with Crippen molar-refractivity contribution in [1.29, 1.82) is 0 Å². The maximum absolute atomic E-state index is 11.4. The molecule has 0 aliphatic heterocycles. The molecule has 2 amide bonds. The van der Waals surface area contributed by atoms with E-state index in [1.165, 1.54) is 0 Å². The van der Waals surface area contributed by atoms with Gasteiger partial charge in [0.05, 0.1) is 0 Å². The first-order chi connectivity index (χ1) is 7.99. The summed E-state index contributed by atoms with van der Waals surface area (Å²) in [6, 6.07) is -0.336. The fraction of sp³-hybridized carbons (Fsp3) is 0.818. The van der Waals surface area contributed by atoms with Gasteiger partial charge in [-0.15, -0.1) is 0 Å². The van der Waals surface area contributed by atoms with Crippen LogP contribution in [0.25, 0.3) is 0 Å². The van der Waals surface area contributed by atoms with E-state index in [0.717, 1.165) is 19.3 Å². The van der Waals surface area contributed by atoms with Crippen LogP contribution < -0.4 is 10.8 Å². The second kappa shape index (κ2) is 6.44. The van der Waals surface area contributed by atoms with Crippen LogP contribution in [0.1, 0.15) is 33.1 Å². The average Bonchev–Trinajstić information content (AvgIpc) is 2.21. The Bertz CT molecular complexity index is 283. The molecule has 0 aromatic rings. The van der Waals surface area contributed by atoms with Crippen LogP contribution in [0.5, 0.6) is 0 Å². The third-order valence-electron chi connectivity index (χ3n) is 3.11. The van der Waals surface area contributed by atoms with Crippen molar-refractivity contribution in [3.8, 4) is 0 Å². The van der Waals surface area contributed by atoms with Gasteiger partial charge in [-0.2, -0.15) is 0 Å². The van der Waals surface area contributed by atoms with Gasteiger partial charge in [-0.3, -0.25) is 4.84 Å². The van der Waals surface area contributed by atoms with Crippen molar-refractivity contribution in [3.63, 3.8) is 0 Å². The zero-order valence-electron chi connectivity index (χ0n) is 10.2. The number of rotatable bonds is 4. The van der Waals surface area contributed by atoms with E-state index in [0.29, 0.717) is 11.8 Å². The van der Waals surface area contributed by atoms with Gasteiger partial charge < -0.3 is 10.4 Å². The number of carboxylic acid groups (broad SMARTS) is 1. The van der Waals surface area contributed by atoms with E-state index in [1.807, 2.05) is 0 Å². The molecular weight excluding hydrogens is 224 g/mol. The van der Waals surface area contributed by atoms with Crippen molar-refractivity contribution in [2.75, 3.05) is 6.61 Å². The molecule has 0 aromatic heterocycles. The third kappa shape index (κ3) is 5.04. The van der Waals surface area contributed by atoms with Crippen molar-refractivity contribution < 1.29 is 19.5 Å². The Hall–Kier alpha value is -1.30. The minimum absolute atomic E-state index is 0.139. The van der Waals surface area contributed by atoms with E-state index < -0.39 is 18.6 Å². The molecule has 17 heavy (non-hydrogen) atoms. The lowest BCUT2D eigenvalue weighted by atomic mass is 9.80. The van der Waals surface area contributed by atoms with E-state index >= 15 is 0 Å². The lowest BCUT2D eigenvalue weighted by Gasteiger charge is -2.32. The predicted molar refractivity (Wildman–Crippen MR) is 61.2 cm³/mol. The fourth-order valence-electron chi connectivity index (χ4n) is 2.24. The van der Waals surface area contributed by atoms with Crippen LogP contribution in [-0.4, -0.2) is 29.8 Å². The average molecular weight is 244 g/mol. The summed E-state index contributed by atoms with van der Waals surface area (Å²) in [6.07, 6.45) is 3.15. The Morgan fingerprint density at radius 3 is 2.65 bits per heavy atom. The van der Waals surface area contributed by atoms with Gasteiger partial charge in [-0.1, -0.05) is 13.8 Å². The zero-order valence-corrected chi connectivity index (χ0v) is 10.2. The van der Waals surface area contributed by atoms with Crippen LogP contribution in [-0.2, 0) is 9.63 Å².